The van der Waals surface area contributed by atoms with E-state index in [1.54, 1.807) is 30.5 Å². The van der Waals surface area contributed by atoms with Crippen LogP contribution in [-0.2, 0) is 6.42 Å². The number of nitrogens with one attached hydrogen (secondary N) is 1. The Morgan fingerprint density at radius 1 is 1.25 bits per heavy atom. The summed E-state index contributed by atoms with van der Waals surface area (Å²) in [5.41, 5.74) is 2.31. The Balaban J connectivity index is 1.63. The first kappa shape index (κ1) is 18.2. The zero-order valence-electron chi connectivity index (χ0n) is 15.3. The molecule has 3 aromatic rings. The van der Waals surface area contributed by atoms with Gasteiger partial charge in [-0.15, -0.1) is 0 Å². The average Bonchev–Trinajstić information content (AvgIpc) is 3.13. The highest BCUT2D eigenvalue weighted by Crippen LogP contribution is 2.32. The molecule has 0 saturated heterocycles. The first-order valence-electron chi connectivity index (χ1n) is 9.04. The van der Waals surface area contributed by atoms with Gasteiger partial charge in [0.1, 0.15) is 17.3 Å². The zero-order chi connectivity index (χ0) is 19.7. The molecule has 1 aliphatic carbocycles. The topological polar surface area (TPSA) is 56.1 Å². The predicted octanol–water partition coefficient (Wildman–Crippen LogP) is 3.97. The minimum atomic E-state index is -0.675. The van der Waals surface area contributed by atoms with E-state index in [-0.39, 0.29) is 17.6 Å². The highest BCUT2D eigenvalue weighted by Gasteiger charge is 2.27. The number of benzene rings is 2. The SMILES string of the molecule is COc1ccccc1C(=O)N[C@@H]1CCCc2c1cnn2-c1ccc(F)cc1F. The molecule has 0 bridgehead atoms. The number of carbonyl (C=O) groups excluding carboxylic acids is 1. The van der Waals surface area contributed by atoms with Crippen LogP contribution in [0.1, 0.15) is 40.5 Å². The van der Waals surface area contributed by atoms with Crippen molar-refractivity contribution in [3.05, 3.63) is 77.1 Å². The van der Waals surface area contributed by atoms with E-state index in [9.17, 15) is 13.6 Å². The van der Waals surface area contributed by atoms with Gasteiger partial charge in [0.2, 0.25) is 0 Å². The van der Waals surface area contributed by atoms with Crippen molar-refractivity contribution in [3.8, 4) is 11.4 Å². The number of carbonyl (C=O) groups is 1. The number of fused-ring (bicyclic) bond motifs is 1. The Hall–Kier alpha value is -3.22. The third kappa shape index (κ3) is 3.24. The van der Waals surface area contributed by atoms with E-state index in [2.05, 4.69) is 10.4 Å². The van der Waals surface area contributed by atoms with E-state index < -0.39 is 11.6 Å². The van der Waals surface area contributed by atoms with Gasteiger partial charge >= 0.3 is 0 Å². The van der Waals surface area contributed by atoms with E-state index >= 15 is 0 Å². The smallest absolute Gasteiger partial charge is 0.255 e. The number of nitrogens with zero attached hydrogens (tertiary/aromatic N) is 2. The lowest BCUT2D eigenvalue weighted by atomic mass is 9.92. The third-order valence-electron chi connectivity index (χ3n) is 4.98. The summed E-state index contributed by atoms with van der Waals surface area (Å²) in [6.45, 7) is 0. The minimum absolute atomic E-state index is 0.194. The summed E-state index contributed by atoms with van der Waals surface area (Å²) in [5, 5.41) is 7.33. The molecule has 144 valence electrons. The Morgan fingerprint density at radius 3 is 2.86 bits per heavy atom. The Labute approximate surface area is 160 Å². The maximum absolute atomic E-state index is 14.2. The molecule has 2 aromatic carbocycles. The van der Waals surface area contributed by atoms with Crippen molar-refractivity contribution in [2.24, 2.45) is 0 Å². The lowest BCUT2D eigenvalue weighted by Gasteiger charge is -2.24. The van der Waals surface area contributed by atoms with Crippen LogP contribution in [0, 0.1) is 11.6 Å². The van der Waals surface area contributed by atoms with Gasteiger partial charge in [-0.3, -0.25) is 4.79 Å². The number of para-hydroxylation sites is 1. The molecule has 0 fully saturated rings. The van der Waals surface area contributed by atoms with Crippen molar-refractivity contribution in [2.45, 2.75) is 25.3 Å². The number of amides is 1. The van der Waals surface area contributed by atoms with Crippen molar-refractivity contribution in [3.63, 3.8) is 0 Å². The Morgan fingerprint density at radius 2 is 2.07 bits per heavy atom. The van der Waals surface area contributed by atoms with Crippen molar-refractivity contribution in [1.29, 1.82) is 0 Å². The molecular weight excluding hydrogens is 364 g/mol. The number of ether oxygens (including phenoxy) is 1. The number of hydrogen-bond donors (Lipinski definition) is 1. The zero-order valence-corrected chi connectivity index (χ0v) is 15.3. The van der Waals surface area contributed by atoms with Gasteiger partial charge < -0.3 is 10.1 Å². The number of aromatic nitrogens is 2. The van der Waals surface area contributed by atoms with Gasteiger partial charge in [0, 0.05) is 17.3 Å². The number of hydrogen-bond acceptors (Lipinski definition) is 3. The van der Waals surface area contributed by atoms with Gasteiger partial charge in [0.15, 0.2) is 5.82 Å². The second kappa shape index (κ2) is 7.42. The van der Waals surface area contributed by atoms with Gasteiger partial charge in [-0.05, 0) is 43.5 Å². The summed E-state index contributed by atoms with van der Waals surface area (Å²) < 4.78 is 34.2. The fourth-order valence-electron chi connectivity index (χ4n) is 3.64. The molecule has 1 atom stereocenters. The highest BCUT2D eigenvalue weighted by atomic mass is 19.1. The van der Waals surface area contributed by atoms with Gasteiger partial charge in [0.25, 0.3) is 5.91 Å². The molecule has 1 amide bonds. The fourth-order valence-corrected chi connectivity index (χ4v) is 3.64. The summed E-state index contributed by atoms with van der Waals surface area (Å²) in [7, 11) is 1.52. The molecule has 1 aromatic heterocycles. The largest absolute Gasteiger partial charge is 0.496 e. The minimum Gasteiger partial charge on any atom is -0.496 e. The first-order valence-corrected chi connectivity index (χ1v) is 9.04. The number of methoxy groups -OCH3 is 1. The summed E-state index contributed by atoms with van der Waals surface area (Å²) in [5.74, 6) is -1.05. The molecule has 5 nitrogen and oxygen atoms in total. The molecule has 0 aliphatic heterocycles. The monoisotopic (exact) mass is 383 g/mol. The molecule has 1 N–H and O–H groups in total. The molecule has 7 heteroatoms. The van der Waals surface area contributed by atoms with Crippen molar-refractivity contribution in [1.82, 2.24) is 15.1 Å². The van der Waals surface area contributed by atoms with Crippen molar-refractivity contribution >= 4 is 5.91 Å². The standard InChI is InChI=1S/C21H19F2N3O2/c1-28-20-8-3-2-5-14(20)21(27)25-17-6-4-7-18-15(17)12-24-26(18)19-10-9-13(22)11-16(19)23/h2-3,5,8-12,17H,4,6-7H2,1H3,(H,25,27)/t17-/m1/s1. The van der Waals surface area contributed by atoms with Crippen LogP contribution in [0.5, 0.6) is 5.75 Å². The summed E-state index contributed by atoms with van der Waals surface area (Å²) in [4.78, 5) is 12.8. The first-order chi connectivity index (χ1) is 13.6. The Kier molecular flexibility index (Phi) is 4.81. The van der Waals surface area contributed by atoms with E-state index in [0.717, 1.165) is 30.2 Å². The molecule has 4 rings (SSSR count). The molecule has 0 saturated carbocycles. The fraction of sp³-hybridized carbons (Fsp3) is 0.238. The van der Waals surface area contributed by atoms with Crippen LogP contribution < -0.4 is 10.1 Å². The second-order valence-electron chi connectivity index (χ2n) is 6.67. The lowest BCUT2D eigenvalue weighted by molar-refractivity contribution is 0.0929. The van der Waals surface area contributed by atoms with E-state index in [1.807, 2.05) is 0 Å². The van der Waals surface area contributed by atoms with Gasteiger partial charge in [-0.1, -0.05) is 12.1 Å². The van der Waals surface area contributed by atoms with Crippen LogP contribution in [0.15, 0.2) is 48.7 Å². The number of halogens is 2. The summed E-state index contributed by atoms with van der Waals surface area (Å²) in [6.07, 6.45) is 3.92. The summed E-state index contributed by atoms with van der Waals surface area (Å²) in [6, 6.07) is 10.2. The predicted molar refractivity (Wildman–Crippen MR) is 99.6 cm³/mol. The van der Waals surface area contributed by atoms with Gasteiger partial charge in [0.05, 0.1) is 24.9 Å². The van der Waals surface area contributed by atoms with Crippen LogP contribution >= 0.6 is 0 Å². The molecule has 0 unspecified atom stereocenters. The molecule has 0 radical (unpaired) electrons. The normalized spacial score (nSPS) is 15.8. The molecule has 28 heavy (non-hydrogen) atoms. The van der Waals surface area contributed by atoms with E-state index in [4.69, 9.17) is 4.74 Å². The van der Waals surface area contributed by atoms with Crippen LogP contribution in [0.25, 0.3) is 5.69 Å². The lowest BCUT2D eigenvalue weighted by Crippen LogP contribution is -2.31. The molecular formula is C21H19F2N3O2. The molecule has 1 aliphatic rings. The second-order valence-corrected chi connectivity index (χ2v) is 6.67. The quantitative estimate of drug-likeness (QED) is 0.742. The Bertz CT molecular complexity index is 1030. The molecule has 0 spiro atoms. The van der Waals surface area contributed by atoms with Crippen LogP contribution in [0.4, 0.5) is 8.78 Å². The van der Waals surface area contributed by atoms with Crippen LogP contribution in [0.3, 0.4) is 0 Å². The van der Waals surface area contributed by atoms with E-state index in [0.29, 0.717) is 17.7 Å². The maximum atomic E-state index is 14.2. The average molecular weight is 383 g/mol. The third-order valence-corrected chi connectivity index (χ3v) is 4.98. The van der Waals surface area contributed by atoms with Crippen LogP contribution in [-0.4, -0.2) is 22.8 Å². The van der Waals surface area contributed by atoms with Gasteiger partial charge in [-0.2, -0.15) is 5.10 Å². The van der Waals surface area contributed by atoms with Gasteiger partial charge in [-0.25, -0.2) is 13.5 Å². The van der Waals surface area contributed by atoms with Crippen molar-refractivity contribution < 1.29 is 18.3 Å². The molecule has 1 heterocycles. The van der Waals surface area contributed by atoms with Crippen molar-refractivity contribution in [2.75, 3.05) is 7.11 Å². The summed E-state index contributed by atoms with van der Waals surface area (Å²) >= 11 is 0. The maximum Gasteiger partial charge on any atom is 0.255 e. The van der Waals surface area contributed by atoms with Crippen LogP contribution in [0.2, 0.25) is 0 Å². The van der Waals surface area contributed by atoms with E-state index in [1.165, 1.54) is 23.9 Å². The highest BCUT2D eigenvalue weighted by molar-refractivity contribution is 5.97. The number of rotatable bonds is 4.